The second-order valence-electron chi connectivity index (χ2n) is 7.03. The van der Waals surface area contributed by atoms with Crippen molar-refractivity contribution in [1.29, 1.82) is 0 Å². The second kappa shape index (κ2) is 7.28. The van der Waals surface area contributed by atoms with Gasteiger partial charge in [0.05, 0.1) is 0 Å². The molecule has 1 aliphatic heterocycles. The molecule has 0 unspecified atom stereocenters. The number of piperidine rings is 1. The fourth-order valence-corrected chi connectivity index (χ4v) is 3.55. The summed E-state index contributed by atoms with van der Waals surface area (Å²) in [5.41, 5.74) is -0.0181. The Kier molecular flexibility index (Phi) is 6.55. The lowest BCUT2D eigenvalue weighted by atomic mass is 9.82. The molecule has 4 heteroatoms. The predicted molar refractivity (Wildman–Crippen MR) is 86.8 cm³/mol. The summed E-state index contributed by atoms with van der Waals surface area (Å²) >= 11 is 1.28. The van der Waals surface area contributed by atoms with Crippen LogP contribution in [-0.2, 0) is 9.63 Å². The molecule has 118 valence electrons. The van der Waals surface area contributed by atoms with E-state index in [1.54, 1.807) is 0 Å². The molecule has 0 aliphatic carbocycles. The minimum atomic E-state index is -0.304. The van der Waals surface area contributed by atoms with Crippen LogP contribution in [0.1, 0.15) is 73.1 Å². The maximum Gasteiger partial charge on any atom is 0.219 e. The summed E-state index contributed by atoms with van der Waals surface area (Å²) in [4.78, 5) is 18.4. The summed E-state index contributed by atoms with van der Waals surface area (Å²) in [6, 6.07) is 0. The highest BCUT2D eigenvalue weighted by Crippen LogP contribution is 2.39. The van der Waals surface area contributed by atoms with E-state index in [-0.39, 0.29) is 22.3 Å². The summed E-state index contributed by atoms with van der Waals surface area (Å²) in [5, 5.41) is 2.26. The van der Waals surface area contributed by atoms with Gasteiger partial charge in [0.25, 0.3) is 0 Å². The van der Waals surface area contributed by atoms with Gasteiger partial charge in [-0.1, -0.05) is 31.5 Å². The summed E-state index contributed by atoms with van der Waals surface area (Å²) in [6.45, 7) is 11.0. The van der Waals surface area contributed by atoms with E-state index in [0.29, 0.717) is 0 Å². The van der Waals surface area contributed by atoms with Crippen molar-refractivity contribution < 1.29 is 9.63 Å². The normalized spacial score (nSPS) is 23.5. The Morgan fingerprint density at radius 2 is 1.80 bits per heavy atom. The Hall–Kier alpha value is -0.0600. The monoisotopic (exact) mass is 301 g/mol. The molecule has 0 bridgehead atoms. The van der Waals surface area contributed by atoms with Gasteiger partial charge in [0, 0.05) is 11.1 Å². The minimum Gasteiger partial charge on any atom is -0.286 e. The van der Waals surface area contributed by atoms with E-state index < -0.39 is 0 Å². The SMILES string of the molecule is CCCC[C@@H](ON1C(C)(C)CCCC1(C)C)C(=O)SC. The highest BCUT2D eigenvalue weighted by molar-refractivity contribution is 8.13. The molecule has 3 nitrogen and oxygen atoms in total. The quantitative estimate of drug-likeness (QED) is 0.727. The van der Waals surface area contributed by atoms with Crippen LogP contribution in [0, 0.1) is 0 Å². The number of hydrogen-bond donors (Lipinski definition) is 0. The molecule has 20 heavy (non-hydrogen) atoms. The van der Waals surface area contributed by atoms with E-state index in [1.165, 1.54) is 18.2 Å². The smallest absolute Gasteiger partial charge is 0.219 e. The van der Waals surface area contributed by atoms with Gasteiger partial charge in [0.2, 0.25) is 5.12 Å². The zero-order chi connectivity index (χ0) is 15.4. The molecule has 0 N–H and O–H groups in total. The van der Waals surface area contributed by atoms with Gasteiger partial charge in [0.1, 0.15) is 6.10 Å². The lowest BCUT2D eigenvalue weighted by Gasteiger charge is -2.52. The minimum absolute atomic E-state index is 0.00903. The third-order valence-corrected chi connectivity index (χ3v) is 4.86. The Morgan fingerprint density at radius 3 is 2.25 bits per heavy atom. The molecule has 1 heterocycles. The molecule has 1 aliphatic rings. The number of thioether (sulfide) groups is 1. The van der Waals surface area contributed by atoms with Crippen LogP contribution >= 0.6 is 11.8 Å². The van der Waals surface area contributed by atoms with Crippen molar-refractivity contribution in [2.75, 3.05) is 6.26 Å². The molecule has 0 radical (unpaired) electrons. The molecule has 0 amide bonds. The molecule has 1 rings (SSSR count). The topological polar surface area (TPSA) is 29.5 Å². The summed E-state index contributed by atoms with van der Waals surface area (Å²) in [6.07, 6.45) is 7.93. The first-order valence-electron chi connectivity index (χ1n) is 7.79. The fourth-order valence-electron chi connectivity index (χ4n) is 3.12. The van der Waals surface area contributed by atoms with Crippen LogP contribution in [0.3, 0.4) is 0 Å². The van der Waals surface area contributed by atoms with Crippen LogP contribution in [0.2, 0.25) is 0 Å². The average molecular weight is 301 g/mol. The number of rotatable bonds is 6. The van der Waals surface area contributed by atoms with Gasteiger partial charge in [-0.15, -0.1) is 0 Å². The Balaban J connectivity index is 2.85. The Morgan fingerprint density at radius 1 is 1.25 bits per heavy atom. The van der Waals surface area contributed by atoms with E-state index in [4.69, 9.17) is 4.84 Å². The van der Waals surface area contributed by atoms with Gasteiger partial charge in [-0.3, -0.25) is 9.63 Å². The first-order valence-corrected chi connectivity index (χ1v) is 9.02. The van der Waals surface area contributed by atoms with Crippen molar-refractivity contribution in [2.45, 2.75) is 90.3 Å². The maximum absolute atomic E-state index is 12.1. The largest absolute Gasteiger partial charge is 0.286 e. The fraction of sp³-hybridized carbons (Fsp3) is 0.938. The number of hydrogen-bond acceptors (Lipinski definition) is 4. The van der Waals surface area contributed by atoms with Crippen LogP contribution in [0.15, 0.2) is 0 Å². The van der Waals surface area contributed by atoms with Crippen molar-refractivity contribution in [1.82, 2.24) is 5.06 Å². The molecule has 0 aromatic rings. The van der Waals surface area contributed by atoms with E-state index >= 15 is 0 Å². The highest BCUT2D eigenvalue weighted by atomic mass is 32.2. The Labute approximate surface area is 128 Å². The summed E-state index contributed by atoms with van der Waals surface area (Å²) < 4.78 is 0. The molecule has 0 spiro atoms. The molecule has 1 saturated heterocycles. The van der Waals surface area contributed by atoms with Gasteiger partial charge in [-0.2, -0.15) is 5.06 Å². The molecular weight excluding hydrogens is 270 g/mol. The van der Waals surface area contributed by atoms with Crippen LogP contribution in [0.4, 0.5) is 0 Å². The standard InChI is InChI=1S/C16H31NO2S/c1-7-8-10-13(14(18)20-6)19-17-15(2,3)11-9-12-16(17,4)5/h13H,7-12H2,1-6H3/t13-/m1/s1. The van der Waals surface area contributed by atoms with Crippen LogP contribution in [-0.4, -0.2) is 33.6 Å². The number of unbranched alkanes of at least 4 members (excludes halogenated alkanes) is 1. The zero-order valence-electron chi connectivity index (χ0n) is 14.0. The second-order valence-corrected chi connectivity index (χ2v) is 7.84. The van der Waals surface area contributed by atoms with Gasteiger partial charge < -0.3 is 0 Å². The summed E-state index contributed by atoms with van der Waals surface area (Å²) in [5.74, 6) is 0. The van der Waals surface area contributed by atoms with Gasteiger partial charge in [0.15, 0.2) is 0 Å². The molecule has 1 fully saturated rings. The van der Waals surface area contributed by atoms with Crippen LogP contribution in [0.5, 0.6) is 0 Å². The average Bonchev–Trinajstić information content (AvgIpc) is 2.35. The van der Waals surface area contributed by atoms with Crippen molar-refractivity contribution in [3.8, 4) is 0 Å². The van der Waals surface area contributed by atoms with Crippen molar-refractivity contribution in [3.05, 3.63) is 0 Å². The lowest BCUT2D eigenvalue weighted by Crippen LogP contribution is -2.59. The third kappa shape index (κ3) is 4.47. The Bertz CT molecular complexity index is 312. The molecular formula is C16H31NO2S. The number of carbonyl (C=O) groups is 1. The van der Waals surface area contributed by atoms with Crippen molar-refractivity contribution in [2.24, 2.45) is 0 Å². The van der Waals surface area contributed by atoms with Crippen LogP contribution in [0.25, 0.3) is 0 Å². The molecule has 0 aromatic heterocycles. The van der Waals surface area contributed by atoms with E-state index in [2.05, 4.69) is 39.7 Å². The van der Waals surface area contributed by atoms with Gasteiger partial charge in [-0.05, 0) is 59.6 Å². The number of hydroxylamine groups is 2. The van der Waals surface area contributed by atoms with Crippen molar-refractivity contribution in [3.63, 3.8) is 0 Å². The first-order chi connectivity index (χ1) is 9.24. The maximum atomic E-state index is 12.1. The molecule has 0 saturated carbocycles. The van der Waals surface area contributed by atoms with Crippen molar-refractivity contribution >= 4 is 16.9 Å². The summed E-state index contributed by atoms with van der Waals surface area (Å²) in [7, 11) is 0. The van der Waals surface area contributed by atoms with Gasteiger partial charge >= 0.3 is 0 Å². The molecule has 1 atom stereocenters. The van der Waals surface area contributed by atoms with E-state index in [9.17, 15) is 4.79 Å². The third-order valence-electron chi connectivity index (χ3n) is 4.19. The number of nitrogens with zero attached hydrogens (tertiary/aromatic N) is 1. The number of carbonyl (C=O) groups excluding carboxylic acids is 1. The van der Waals surface area contributed by atoms with E-state index in [0.717, 1.165) is 32.1 Å². The van der Waals surface area contributed by atoms with E-state index in [1.807, 2.05) is 6.26 Å². The van der Waals surface area contributed by atoms with Crippen LogP contribution < -0.4 is 0 Å². The lowest BCUT2D eigenvalue weighted by molar-refractivity contribution is -0.297. The first kappa shape index (κ1) is 18.0. The highest BCUT2D eigenvalue weighted by Gasteiger charge is 2.44. The predicted octanol–water partition coefficient (Wildman–Crippen LogP) is 4.41. The molecule has 0 aromatic carbocycles. The van der Waals surface area contributed by atoms with Gasteiger partial charge in [-0.25, -0.2) is 0 Å². The zero-order valence-corrected chi connectivity index (χ0v) is 14.8.